The molecule has 128 valence electrons. The summed E-state index contributed by atoms with van der Waals surface area (Å²) in [7, 11) is 0. The Kier molecular flexibility index (Phi) is 6.97. The number of benzene rings is 1. The van der Waals surface area contributed by atoms with E-state index in [0.717, 1.165) is 11.3 Å². The first-order valence-electron chi connectivity index (χ1n) is 7.81. The van der Waals surface area contributed by atoms with Crippen molar-refractivity contribution in [2.24, 2.45) is 17.1 Å². The minimum Gasteiger partial charge on any atom is -0.364 e. The summed E-state index contributed by atoms with van der Waals surface area (Å²) in [5.41, 5.74) is 6.67. The van der Waals surface area contributed by atoms with Crippen molar-refractivity contribution in [3.8, 4) is 0 Å². The molecule has 1 aromatic heterocycles. The monoisotopic (exact) mass is 356 g/mol. The van der Waals surface area contributed by atoms with Crippen molar-refractivity contribution in [1.29, 1.82) is 0 Å². The quantitative estimate of drug-likeness (QED) is 0.691. The maximum absolute atomic E-state index is 10.9. The number of hydrogen-bond acceptors (Lipinski definition) is 1. The van der Waals surface area contributed by atoms with Crippen molar-refractivity contribution in [2.45, 2.75) is 47.5 Å². The minimum absolute atomic E-state index is 0.323. The maximum Gasteiger partial charge on any atom is 0.265 e. The molecule has 0 aliphatic carbocycles. The number of amides is 1. The molecule has 5 heteroatoms. The molecule has 0 saturated carbocycles. The predicted octanol–water partition coefficient (Wildman–Crippen LogP) is 6.04. The number of aromatic nitrogens is 1. The molecule has 0 spiro atoms. The second kappa shape index (κ2) is 8.07. The van der Waals surface area contributed by atoms with Crippen LogP contribution in [0.3, 0.4) is 0 Å². The van der Waals surface area contributed by atoms with Crippen LogP contribution < -0.4 is 5.73 Å². The number of halogens is 2. The van der Waals surface area contributed by atoms with Crippen LogP contribution in [0.15, 0.2) is 18.2 Å². The van der Waals surface area contributed by atoms with Gasteiger partial charge in [0.1, 0.15) is 5.69 Å². The van der Waals surface area contributed by atoms with Gasteiger partial charge < -0.3 is 10.7 Å². The van der Waals surface area contributed by atoms with E-state index in [1.54, 1.807) is 18.2 Å². The van der Waals surface area contributed by atoms with Crippen molar-refractivity contribution in [3.05, 3.63) is 33.9 Å². The van der Waals surface area contributed by atoms with Crippen molar-refractivity contribution >= 4 is 40.0 Å². The molecule has 0 bridgehead atoms. The maximum atomic E-state index is 10.9. The van der Waals surface area contributed by atoms with E-state index in [9.17, 15) is 4.79 Å². The summed E-state index contributed by atoms with van der Waals surface area (Å²) in [5.74, 6) is 0.374. The molecule has 23 heavy (non-hydrogen) atoms. The van der Waals surface area contributed by atoms with E-state index in [1.807, 2.05) is 0 Å². The van der Waals surface area contributed by atoms with Gasteiger partial charge in [0.05, 0.1) is 5.02 Å². The minimum atomic E-state index is -0.520. The summed E-state index contributed by atoms with van der Waals surface area (Å²) in [6.45, 7) is 11.5. The van der Waals surface area contributed by atoms with E-state index in [-0.39, 0.29) is 0 Å². The number of rotatable bonds is 3. The zero-order valence-corrected chi connectivity index (χ0v) is 16.0. The number of carbonyl (C=O) groups excluding carboxylic acids is 1. The number of hydrogen-bond donors (Lipinski definition) is 2. The highest BCUT2D eigenvalue weighted by atomic mass is 35.5. The average molecular weight is 357 g/mol. The summed E-state index contributed by atoms with van der Waals surface area (Å²) in [5, 5.41) is 1.75. The van der Waals surface area contributed by atoms with E-state index in [4.69, 9.17) is 28.9 Å². The molecule has 0 fully saturated rings. The normalized spacial score (nSPS) is 12.7. The van der Waals surface area contributed by atoms with Gasteiger partial charge in [0.25, 0.3) is 5.91 Å². The van der Waals surface area contributed by atoms with Crippen LogP contribution in [0.4, 0.5) is 0 Å². The molecule has 1 amide bonds. The summed E-state index contributed by atoms with van der Waals surface area (Å²) in [6.07, 6.45) is 2.67. The van der Waals surface area contributed by atoms with Gasteiger partial charge in [0, 0.05) is 15.9 Å². The second-order valence-electron chi connectivity index (χ2n) is 7.17. The van der Waals surface area contributed by atoms with Crippen LogP contribution in [0, 0.1) is 11.3 Å². The molecule has 1 unspecified atom stereocenters. The fourth-order valence-corrected chi connectivity index (χ4v) is 3.03. The van der Waals surface area contributed by atoms with Crippen molar-refractivity contribution in [2.75, 3.05) is 0 Å². The highest BCUT2D eigenvalue weighted by Gasteiger charge is 2.13. The van der Waals surface area contributed by atoms with E-state index >= 15 is 0 Å². The Hall–Kier alpha value is -1.19. The molecule has 1 heterocycles. The molecule has 0 saturated heterocycles. The third-order valence-corrected chi connectivity index (χ3v) is 4.11. The Morgan fingerprint density at radius 3 is 2.30 bits per heavy atom. The molecule has 3 N–H and O–H groups in total. The number of carbonyl (C=O) groups is 1. The van der Waals surface area contributed by atoms with Crippen molar-refractivity contribution in [3.63, 3.8) is 0 Å². The number of nitrogens with one attached hydrogen (secondary N) is 1. The molecule has 0 aliphatic rings. The van der Waals surface area contributed by atoms with Crippen LogP contribution in [0.25, 0.3) is 10.9 Å². The molecule has 0 radical (unpaired) electrons. The number of nitrogens with two attached hydrogens (primary N) is 1. The van der Waals surface area contributed by atoms with Gasteiger partial charge in [-0.15, -0.1) is 0 Å². The zero-order valence-electron chi connectivity index (χ0n) is 14.5. The van der Waals surface area contributed by atoms with Gasteiger partial charge in [0.2, 0.25) is 0 Å². The number of fused-ring (bicyclic) bond motifs is 1. The Bertz CT molecular complexity index is 671. The van der Waals surface area contributed by atoms with Gasteiger partial charge >= 0.3 is 0 Å². The molecule has 2 aromatic rings. The van der Waals surface area contributed by atoms with Crippen LogP contribution in [-0.4, -0.2) is 10.9 Å². The van der Waals surface area contributed by atoms with E-state index in [1.165, 1.54) is 12.8 Å². The average Bonchev–Trinajstić information content (AvgIpc) is 2.81. The van der Waals surface area contributed by atoms with E-state index in [2.05, 4.69) is 39.6 Å². The smallest absolute Gasteiger partial charge is 0.265 e. The van der Waals surface area contributed by atoms with Crippen molar-refractivity contribution < 1.29 is 4.79 Å². The van der Waals surface area contributed by atoms with Crippen molar-refractivity contribution in [1.82, 2.24) is 4.98 Å². The number of aromatic amines is 1. The zero-order chi connectivity index (χ0) is 17.8. The highest BCUT2D eigenvalue weighted by Crippen LogP contribution is 2.28. The lowest BCUT2D eigenvalue weighted by molar-refractivity contribution is 0.0996. The first-order valence-corrected chi connectivity index (χ1v) is 8.56. The summed E-state index contributed by atoms with van der Waals surface area (Å²) in [6, 6.07) is 4.91. The van der Waals surface area contributed by atoms with Gasteiger partial charge in [-0.2, -0.15) is 0 Å². The molecule has 1 atom stereocenters. The predicted molar refractivity (Wildman–Crippen MR) is 100 cm³/mol. The van der Waals surface area contributed by atoms with Gasteiger partial charge in [-0.05, 0) is 36.0 Å². The SMILES string of the molecule is CCC(C)CC(C)(C)C.NC(=O)c1cc2c(Cl)cc(Cl)cc2[nH]1. The largest absolute Gasteiger partial charge is 0.364 e. The van der Waals surface area contributed by atoms with Gasteiger partial charge in [-0.1, -0.05) is 64.2 Å². The topological polar surface area (TPSA) is 58.9 Å². The molecule has 1 aromatic carbocycles. The van der Waals surface area contributed by atoms with Crippen LogP contribution in [0.2, 0.25) is 10.0 Å². The fourth-order valence-electron chi connectivity index (χ4n) is 2.48. The first-order chi connectivity index (χ1) is 10.5. The highest BCUT2D eigenvalue weighted by molar-refractivity contribution is 6.38. The first kappa shape index (κ1) is 19.9. The summed E-state index contributed by atoms with van der Waals surface area (Å²) >= 11 is 11.7. The fraction of sp³-hybridized carbons (Fsp3) is 0.500. The van der Waals surface area contributed by atoms with Gasteiger partial charge in [0.15, 0.2) is 0 Å². The van der Waals surface area contributed by atoms with Crippen LogP contribution >= 0.6 is 23.2 Å². The summed E-state index contributed by atoms with van der Waals surface area (Å²) in [4.78, 5) is 13.7. The third kappa shape index (κ3) is 6.44. The Labute approximate surface area is 148 Å². The summed E-state index contributed by atoms with van der Waals surface area (Å²) < 4.78 is 0. The third-order valence-electron chi connectivity index (χ3n) is 3.58. The Morgan fingerprint density at radius 2 is 1.87 bits per heavy atom. The molecular weight excluding hydrogens is 331 g/mol. The number of H-pyrrole nitrogens is 1. The Balaban J connectivity index is 0.000000257. The molecule has 3 nitrogen and oxygen atoms in total. The van der Waals surface area contributed by atoms with Crippen LogP contribution in [0.5, 0.6) is 0 Å². The number of primary amides is 1. The van der Waals surface area contributed by atoms with Gasteiger partial charge in [-0.25, -0.2) is 0 Å². The van der Waals surface area contributed by atoms with E-state index < -0.39 is 5.91 Å². The molecule has 2 rings (SSSR count). The van der Waals surface area contributed by atoms with Crippen LogP contribution in [-0.2, 0) is 0 Å². The van der Waals surface area contributed by atoms with Gasteiger partial charge in [-0.3, -0.25) is 4.79 Å². The van der Waals surface area contributed by atoms with E-state index in [0.29, 0.717) is 26.7 Å². The second-order valence-corrected chi connectivity index (χ2v) is 8.02. The Morgan fingerprint density at radius 1 is 1.26 bits per heavy atom. The standard InChI is InChI=1S/C9H6Cl2N2O.C9H20/c10-4-1-6(11)5-3-8(9(12)14)13-7(5)2-4;1-6-8(2)7-9(3,4)5/h1-3,13H,(H2,12,14);8H,6-7H2,1-5H3. The molecule has 0 aliphatic heterocycles. The lowest BCUT2D eigenvalue weighted by Gasteiger charge is -2.21. The lowest BCUT2D eigenvalue weighted by Crippen LogP contribution is -2.10. The van der Waals surface area contributed by atoms with Crippen LogP contribution in [0.1, 0.15) is 57.9 Å². The lowest BCUT2D eigenvalue weighted by atomic mass is 9.84. The molecular formula is C18H26Cl2N2O.